The van der Waals surface area contributed by atoms with Crippen molar-refractivity contribution in [2.75, 3.05) is 16.9 Å². The number of nitrogens with one attached hydrogen (secondary N) is 1. The number of aryl methyl sites for hydroxylation is 2. The van der Waals surface area contributed by atoms with Crippen LogP contribution in [0.3, 0.4) is 0 Å². The van der Waals surface area contributed by atoms with E-state index in [0.717, 1.165) is 22.0 Å². The Kier molecular flexibility index (Phi) is 6.12. The van der Waals surface area contributed by atoms with Crippen molar-refractivity contribution < 1.29 is 14.7 Å². The third kappa shape index (κ3) is 5.31. The molecule has 0 aliphatic rings. The molecule has 4 N–H and O–H groups in total. The highest BCUT2D eigenvalue weighted by Gasteiger charge is 2.13. The maximum absolute atomic E-state index is 12.0. The normalized spacial score (nSPS) is 10.4. The molecule has 0 saturated heterocycles. The van der Waals surface area contributed by atoms with Crippen LogP contribution in [0.25, 0.3) is 0 Å². The molecule has 0 fully saturated rings. The van der Waals surface area contributed by atoms with Gasteiger partial charge in [0.25, 0.3) is 5.56 Å². The lowest BCUT2D eigenvalue weighted by molar-refractivity contribution is -0.137. The molecule has 9 nitrogen and oxygen atoms in total. The number of nitrogens with zero attached hydrogens (tertiary/aromatic N) is 3. The van der Waals surface area contributed by atoms with Gasteiger partial charge in [0.1, 0.15) is 5.69 Å². The Bertz CT molecular complexity index is 835. The van der Waals surface area contributed by atoms with Gasteiger partial charge in [-0.15, -0.1) is 10.2 Å². The van der Waals surface area contributed by atoms with E-state index in [2.05, 4.69) is 15.5 Å². The molecule has 0 atom stereocenters. The lowest BCUT2D eigenvalue weighted by atomic mass is 10.2. The number of benzene rings is 1. The fourth-order valence-corrected chi connectivity index (χ4v) is 2.52. The number of hydrogen-bond donors (Lipinski definition) is 3. The van der Waals surface area contributed by atoms with E-state index in [1.807, 2.05) is 19.1 Å². The van der Waals surface area contributed by atoms with Gasteiger partial charge < -0.3 is 16.3 Å². The zero-order chi connectivity index (χ0) is 18.4. The molecule has 1 aromatic heterocycles. The molecule has 0 saturated carbocycles. The van der Waals surface area contributed by atoms with E-state index in [9.17, 15) is 14.4 Å². The molecular formula is C15H17N5O4S. The number of thioether (sulfide) groups is 1. The highest BCUT2D eigenvalue weighted by molar-refractivity contribution is 7.99. The predicted molar refractivity (Wildman–Crippen MR) is 92.9 cm³/mol. The van der Waals surface area contributed by atoms with Crippen LogP contribution in [0.4, 0.5) is 5.69 Å². The largest absolute Gasteiger partial charge is 0.481 e. The number of hydrogen-bond acceptors (Lipinski definition) is 7. The third-order valence-corrected chi connectivity index (χ3v) is 4.11. The monoisotopic (exact) mass is 363 g/mol. The molecule has 1 heterocycles. The molecule has 0 spiro atoms. The lowest BCUT2D eigenvalue weighted by Crippen LogP contribution is -2.34. The van der Waals surface area contributed by atoms with E-state index >= 15 is 0 Å². The van der Waals surface area contributed by atoms with E-state index in [0.29, 0.717) is 5.69 Å². The van der Waals surface area contributed by atoms with Crippen LogP contribution >= 0.6 is 11.8 Å². The zero-order valence-electron chi connectivity index (χ0n) is 13.4. The Morgan fingerprint density at radius 1 is 1.28 bits per heavy atom. The number of aliphatic carboxylic acids is 1. The average molecular weight is 363 g/mol. The van der Waals surface area contributed by atoms with Gasteiger partial charge in [-0.2, -0.15) is 4.68 Å². The fourth-order valence-electron chi connectivity index (χ4n) is 1.86. The Labute approximate surface area is 147 Å². The van der Waals surface area contributed by atoms with Crippen LogP contribution in [0.1, 0.15) is 17.7 Å². The SMILES string of the molecule is Cc1ccc(NC(=O)CSc2nnc(CCC(=O)O)c(=O)n2N)cc1. The Morgan fingerprint density at radius 2 is 1.96 bits per heavy atom. The molecule has 10 heteroatoms. The van der Waals surface area contributed by atoms with Crippen LogP contribution in [0.2, 0.25) is 0 Å². The summed E-state index contributed by atoms with van der Waals surface area (Å²) in [6.07, 6.45) is -0.299. The van der Waals surface area contributed by atoms with E-state index in [4.69, 9.17) is 10.9 Å². The van der Waals surface area contributed by atoms with Gasteiger partial charge in [-0.1, -0.05) is 29.5 Å². The maximum Gasteiger partial charge on any atom is 0.303 e. The summed E-state index contributed by atoms with van der Waals surface area (Å²) in [7, 11) is 0. The summed E-state index contributed by atoms with van der Waals surface area (Å²) in [5.41, 5.74) is 1.09. The zero-order valence-corrected chi connectivity index (χ0v) is 14.2. The van der Waals surface area contributed by atoms with Crippen LogP contribution < -0.4 is 16.7 Å². The number of carboxylic acid groups (broad SMARTS) is 1. The number of anilines is 1. The van der Waals surface area contributed by atoms with Crippen molar-refractivity contribution >= 4 is 29.3 Å². The molecular weight excluding hydrogens is 346 g/mol. The standard InChI is InChI=1S/C15H17N5O4S/c1-9-2-4-10(5-3-9)17-12(21)8-25-15-19-18-11(6-7-13(22)23)14(24)20(15)16/h2-5H,6-8,16H2,1H3,(H,17,21)(H,22,23). The van der Waals surface area contributed by atoms with Crippen molar-refractivity contribution in [1.29, 1.82) is 0 Å². The molecule has 0 unspecified atom stereocenters. The first-order chi connectivity index (χ1) is 11.9. The first-order valence-electron chi connectivity index (χ1n) is 7.31. The second-order valence-corrected chi connectivity index (χ2v) is 6.14. The summed E-state index contributed by atoms with van der Waals surface area (Å²) in [6.45, 7) is 1.95. The molecule has 25 heavy (non-hydrogen) atoms. The summed E-state index contributed by atoms with van der Waals surface area (Å²) in [4.78, 5) is 34.5. The van der Waals surface area contributed by atoms with Gasteiger partial charge in [-0.3, -0.25) is 14.4 Å². The molecule has 0 aliphatic heterocycles. The number of carboxylic acids is 1. The number of nitrogens with two attached hydrogens (primary N) is 1. The van der Waals surface area contributed by atoms with Gasteiger partial charge >= 0.3 is 5.97 Å². The van der Waals surface area contributed by atoms with Crippen molar-refractivity contribution in [1.82, 2.24) is 14.9 Å². The minimum atomic E-state index is -1.05. The Balaban J connectivity index is 1.97. The van der Waals surface area contributed by atoms with Crippen LogP contribution in [-0.2, 0) is 16.0 Å². The molecule has 0 bridgehead atoms. The summed E-state index contributed by atoms with van der Waals surface area (Å²) in [6, 6.07) is 7.32. The Hall–Kier alpha value is -2.88. The van der Waals surface area contributed by atoms with E-state index < -0.39 is 11.5 Å². The van der Waals surface area contributed by atoms with E-state index in [-0.39, 0.29) is 35.4 Å². The van der Waals surface area contributed by atoms with Gasteiger partial charge in [0.2, 0.25) is 11.1 Å². The summed E-state index contributed by atoms with van der Waals surface area (Å²) < 4.78 is 0.772. The van der Waals surface area contributed by atoms with Gasteiger partial charge in [0.05, 0.1) is 12.2 Å². The van der Waals surface area contributed by atoms with Crippen LogP contribution in [0, 0.1) is 6.92 Å². The highest BCUT2D eigenvalue weighted by Crippen LogP contribution is 2.13. The number of aromatic nitrogens is 3. The summed E-state index contributed by atoms with van der Waals surface area (Å²) in [5, 5.41) is 18.9. The number of nitrogen functional groups attached to an aromatic ring is 1. The van der Waals surface area contributed by atoms with Crippen molar-refractivity contribution in [3.63, 3.8) is 0 Å². The van der Waals surface area contributed by atoms with Crippen LogP contribution in [0.5, 0.6) is 0 Å². The summed E-state index contributed by atoms with van der Waals surface area (Å²) >= 11 is 0.961. The first kappa shape index (κ1) is 18.5. The number of carbonyl (C=O) groups excluding carboxylic acids is 1. The number of rotatable bonds is 7. The second-order valence-electron chi connectivity index (χ2n) is 5.20. The van der Waals surface area contributed by atoms with Crippen molar-refractivity contribution in [3.8, 4) is 0 Å². The predicted octanol–water partition coefficient (Wildman–Crippen LogP) is 0.409. The molecule has 0 aliphatic carbocycles. The van der Waals surface area contributed by atoms with Crippen molar-refractivity contribution in [2.45, 2.75) is 24.9 Å². The topological polar surface area (TPSA) is 140 Å². The quantitative estimate of drug-likeness (QED) is 0.474. The van der Waals surface area contributed by atoms with Crippen LogP contribution in [0.15, 0.2) is 34.2 Å². The Morgan fingerprint density at radius 3 is 2.60 bits per heavy atom. The molecule has 1 aromatic carbocycles. The van der Waals surface area contributed by atoms with E-state index in [1.165, 1.54) is 0 Å². The van der Waals surface area contributed by atoms with Crippen molar-refractivity contribution in [2.24, 2.45) is 0 Å². The first-order valence-corrected chi connectivity index (χ1v) is 8.30. The van der Waals surface area contributed by atoms with Crippen LogP contribution in [-0.4, -0.2) is 37.6 Å². The molecule has 2 rings (SSSR count). The highest BCUT2D eigenvalue weighted by atomic mass is 32.2. The van der Waals surface area contributed by atoms with Gasteiger partial charge in [-0.25, -0.2) is 0 Å². The molecule has 0 radical (unpaired) electrons. The fraction of sp³-hybridized carbons (Fsp3) is 0.267. The summed E-state index contributed by atoms with van der Waals surface area (Å²) in [5.74, 6) is 4.32. The minimum Gasteiger partial charge on any atom is -0.481 e. The molecule has 2 aromatic rings. The molecule has 132 valence electrons. The van der Waals surface area contributed by atoms with Gasteiger partial charge in [-0.05, 0) is 19.1 Å². The van der Waals surface area contributed by atoms with Crippen molar-refractivity contribution in [3.05, 3.63) is 45.9 Å². The third-order valence-electron chi connectivity index (χ3n) is 3.17. The lowest BCUT2D eigenvalue weighted by Gasteiger charge is -2.08. The smallest absolute Gasteiger partial charge is 0.303 e. The molecule has 1 amide bonds. The van der Waals surface area contributed by atoms with Gasteiger partial charge in [0.15, 0.2) is 0 Å². The maximum atomic E-state index is 12.0. The minimum absolute atomic E-state index is 0.00628. The van der Waals surface area contributed by atoms with Gasteiger partial charge in [0, 0.05) is 12.1 Å². The van der Waals surface area contributed by atoms with E-state index in [1.54, 1.807) is 12.1 Å². The average Bonchev–Trinajstić information content (AvgIpc) is 2.57. The number of carbonyl (C=O) groups is 2. The second kappa shape index (κ2) is 8.29. The number of amides is 1.